The third kappa shape index (κ3) is 2.41. The van der Waals surface area contributed by atoms with E-state index >= 15 is 0 Å². The van der Waals surface area contributed by atoms with E-state index in [-0.39, 0.29) is 5.92 Å². The monoisotopic (exact) mass is 209 g/mol. The van der Waals surface area contributed by atoms with E-state index in [9.17, 15) is 4.79 Å². The van der Waals surface area contributed by atoms with Crippen molar-refractivity contribution in [3.8, 4) is 0 Å². The topological polar surface area (TPSA) is 29.1 Å². The zero-order valence-corrected chi connectivity index (χ0v) is 9.96. The number of hydrogen-bond acceptors (Lipinski definition) is 2. The second kappa shape index (κ2) is 4.65. The minimum Gasteiger partial charge on any atom is -0.313 e. The molecule has 1 N–H and O–H groups in total. The Balaban J connectivity index is 1.88. The molecule has 0 amide bonds. The van der Waals surface area contributed by atoms with Crippen molar-refractivity contribution >= 4 is 5.78 Å². The summed E-state index contributed by atoms with van der Waals surface area (Å²) in [5, 5.41) is 3.51. The first-order chi connectivity index (χ1) is 7.18. The summed E-state index contributed by atoms with van der Waals surface area (Å²) in [7, 11) is 0. The summed E-state index contributed by atoms with van der Waals surface area (Å²) in [6.45, 7) is 5.51. The summed E-state index contributed by atoms with van der Waals surface area (Å²) in [5.74, 6) is 1.94. The number of carbonyl (C=O) groups is 1. The quantitative estimate of drug-likeness (QED) is 0.773. The minimum absolute atomic E-state index is 0.234. The smallest absolute Gasteiger partial charge is 0.140 e. The average molecular weight is 209 g/mol. The predicted molar refractivity (Wildman–Crippen MR) is 61.7 cm³/mol. The van der Waals surface area contributed by atoms with Gasteiger partial charge >= 0.3 is 0 Å². The molecule has 1 saturated heterocycles. The summed E-state index contributed by atoms with van der Waals surface area (Å²) in [4.78, 5) is 12.1. The Morgan fingerprint density at radius 1 is 1.33 bits per heavy atom. The van der Waals surface area contributed by atoms with Crippen LogP contribution in [0, 0.1) is 17.8 Å². The number of ketones is 1. The molecule has 3 atom stereocenters. The molecule has 1 aliphatic heterocycles. The van der Waals surface area contributed by atoms with E-state index in [4.69, 9.17) is 0 Å². The average Bonchev–Trinajstić information content (AvgIpc) is 2.14. The molecule has 86 valence electrons. The molecule has 1 saturated carbocycles. The van der Waals surface area contributed by atoms with E-state index in [0.717, 1.165) is 25.3 Å². The number of hydrogen-bond donors (Lipinski definition) is 1. The van der Waals surface area contributed by atoms with Gasteiger partial charge in [-0.1, -0.05) is 20.3 Å². The van der Waals surface area contributed by atoms with Crippen LogP contribution >= 0.6 is 0 Å². The van der Waals surface area contributed by atoms with Crippen LogP contribution in [0.3, 0.4) is 0 Å². The molecule has 0 aromatic heterocycles. The van der Waals surface area contributed by atoms with Crippen molar-refractivity contribution in [1.82, 2.24) is 5.32 Å². The van der Waals surface area contributed by atoms with Crippen molar-refractivity contribution < 1.29 is 4.79 Å². The maximum absolute atomic E-state index is 12.1. The lowest BCUT2D eigenvalue weighted by atomic mass is 9.74. The maximum atomic E-state index is 12.1. The number of rotatable bonds is 3. The van der Waals surface area contributed by atoms with Crippen LogP contribution in [0.4, 0.5) is 0 Å². The van der Waals surface area contributed by atoms with Crippen molar-refractivity contribution in [2.75, 3.05) is 6.54 Å². The number of carbonyl (C=O) groups excluding carboxylic acids is 1. The SMILES string of the molecule is CC1CCNC(C(C)C(=O)C2CCC2)C1. The van der Waals surface area contributed by atoms with E-state index in [1.165, 1.54) is 19.3 Å². The summed E-state index contributed by atoms with van der Waals surface area (Å²) >= 11 is 0. The molecule has 3 unspecified atom stereocenters. The van der Waals surface area contributed by atoms with Gasteiger partial charge in [-0.3, -0.25) is 4.79 Å². The fraction of sp³-hybridized carbons (Fsp3) is 0.923. The Morgan fingerprint density at radius 3 is 2.60 bits per heavy atom. The van der Waals surface area contributed by atoms with E-state index < -0.39 is 0 Å². The molecule has 0 radical (unpaired) electrons. The molecule has 1 aliphatic carbocycles. The van der Waals surface area contributed by atoms with Crippen molar-refractivity contribution in [1.29, 1.82) is 0 Å². The van der Waals surface area contributed by atoms with Crippen molar-refractivity contribution in [3.05, 3.63) is 0 Å². The zero-order chi connectivity index (χ0) is 10.8. The molecule has 0 spiro atoms. The van der Waals surface area contributed by atoms with Crippen LogP contribution in [0.1, 0.15) is 46.0 Å². The fourth-order valence-corrected chi connectivity index (χ4v) is 2.79. The summed E-state index contributed by atoms with van der Waals surface area (Å²) in [6.07, 6.45) is 6.00. The van der Waals surface area contributed by atoms with Gasteiger partial charge in [-0.2, -0.15) is 0 Å². The molecule has 0 bridgehead atoms. The second-order valence-corrected chi connectivity index (χ2v) is 5.51. The predicted octanol–water partition coefficient (Wildman–Crippen LogP) is 2.38. The van der Waals surface area contributed by atoms with E-state index in [1.54, 1.807) is 0 Å². The molecule has 2 fully saturated rings. The lowest BCUT2D eigenvalue weighted by molar-refractivity contribution is -0.129. The molecular formula is C13H23NO. The Labute approximate surface area is 92.8 Å². The molecular weight excluding hydrogens is 186 g/mol. The third-order valence-corrected chi connectivity index (χ3v) is 4.26. The summed E-state index contributed by atoms with van der Waals surface area (Å²) < 4.78 is 0. The van der Waals surface area contributed by atoms with Gasteiger partial charge in [0, 0.05) is 17.9 Å². The molecule has 2 aliphatic rings. The maximum Gasteiger partial charge on any atom is 0.140 e. The van der Waals surface area contributed by atoms with Crippen LogP contribution in [0.5, 0.6) is 0 Å². The van der Waals surface area contributed by atoms with Gasteiger partial charge in [0.05, 0.1) is 0 Å². The van der Waals surface area contributed by atoms with Gasteiger partial charge in [0.1, 0.15) is 5.78 Å². The zero-order valence-electron chi connectivity index (χ0n) is 9.96. The third-order valence-electron chi connectivity index (χ3n) is 4.26. The van der Waals surface area contributed by atoms with Crippen LogP contribution in [0.15, 0.2) is 0 Å². The molecule has 1 heterocycles. The first-order valence-corrected chi connectivity index (χ1v) is 6.45. The summed E-state index contributed by atoms with van der Waals surface area (Å²) in [5.41, 5.74) is 0. The van der Waals surface area contributed by atoms with E-state index in [0.29, 0.717) is 17.7 Å². The normalized spacial score (nSPS) is 34.5. The number of nitrogens with one attached hydrogen (secondary N) is 1. The van der Waals surface area contributed by atoms with Gasteiger partial charge in [-0.25, -0.2) is 0 Å². The van der Waals surface area contributed by atoms with Crippen molar-refractivity contribution in [2.45, 2.75) is 52.0 Å². The van der Waals surface area contributed by atoms with Gasteiger partial charge in [0.25, 0.3) is 0 Å². The first-order valence-electron chi connectivity index (χ1n) is 6.45. The minimum atomic E-state index is 0.234. The van der Waals surface area contributed by atoms with Crippen LogP contribution in [0.2, 0.25) is 0 Å². The standard InChI is InChI=1S/C13H23NO/c1-9-6-7-14-12(8-9)10(2)13(15)11-4-3-5-11/h9-12,14H,3-8H2,1-2H3. The number of Topliss-reactive ketones (excluding diaryl/α,β-unsaturated/α-hetero) is 1. The van der Waals surface area contributed by atoms with Gasteiger partial charge in [-0.15, -0.1) is 0 Å². The van der Waals surface area contributed by atoms with Crippen LogP contribution in [-0.2, 0) is 4.79 Å². The Bertz CT molecular complexity index is 235. The molecule has 0 aromatic carbocycles. The highest BCUT2D eigenvalue weighted by atomic mass is 16.1. The van der Waals surface area contributed by atoms with Crippen LogP contribution in [-0.4, -0.2) is 18.4 Å². The van der Waals surface area contributed by atoms with Crippen LogP contribution in [0.25, 0.3) is 0 Å². The van der Waals surface area contributed by atoms with Gasteiger partial charge in [-0.05, 0) is 38.1 Å². The molecule has 2 nitrogen and oxygen atoms in total. The van der Waals surface area contributed by atoms with Gasteiger partial charge in [0.15, 0.2) is 0 Å². The Morgan fingerprint density at radius 2 is 2.07 bits per heavy atom. The highest BCUT2D eigenvalue weighted by molar-refractivity contribution is 5.84. The van der Waals surface area contributed by atoms with Crippen LogP contribution < -0.4 is 5.32 Å². The van der Waals surface area contributed by atoms with Crippen molar-refractivity contribution in [2.24, 2.45) is 17.8 Å². The van der Waals surface area contributed by atoms with Gasteiger partial charge in [0.2, 0.25) is 0 Å². The lowest BCUT2D eigenvalue weighted by Gasteiger charge is -2.35. The molecule has 0 aromatic rings. The molecule has 2 rings (SSSR count). The first kappa shape index (κ1) is 11.1. The summed E-state index contributed by atoms with van der Waals surface area (Å²) in [6, 6.07) is 0.446. The lowest BCUT2D eigenvalue weighted by Crippen LogP contribution is -2.46. The fourth-order valence-electron chi connectivity index (χ4n) is 2.79. The van der Waals surface area contributed by atoms with Gasteiger partial charge < -0.3 is 5.32 Å². The highest BCUT2D eigenvalue weighted by Crippen LogP contribution is 2.32. The van der Waals surface area contributed by atoms with Crippen molar-refractivity contribution in [3.63, 3.8) is 0 Å². The second-order valence-electron chi connectivity index (χ2n) is 5.51. The molecule has 2 heteroatoms. The highest BCUT2D eigenvalue weighted by Gasteiger charge is 2.34. The molecule has 15 heavy (non-hydrogen) atoms. The number of piperidine rings is 1. The largest absolute Gasteiger partial charge is 0.313 e. The Kier molecular flexibility index (Phi) is 3.45. The van der Waals surface area contributed by atoms with E-state index in [1.807, 2.05) is 0 Å². The van der Waals surface area contributed by atoms with E-state index in [2.05, 4.69) is 19.2 Å². The Hall–Kier alpha value is -0.370.